The molecular formula is C21H27N3O2. The molecule has 1 aromatic carbocycles. The second-order valence-corrected chi connectivity index (χ2v) is 7.69. The van der Waals surface area contributed by atoms with Crippen molar-refractivity contribution < 1.29 is 9.21 Å². The predicted molar refractivity (Wildman–Crippen MR) is 99.8 cm³/mol. The molecule has 2 atom stereocenters. The van der Waals surface area contributed by atoms with Gasteiger partial charge in [-0.25, -0.2) is 4.98 Å². The first-order valence-corrected chi connectivity index (χ1v) is 9.68. The molecule has 3 heterocycles. The summed E-state index contributed by atoms with van der Waals surface area (Å²) in [6, 6.07) is 10.8. The topological polar surface area (TPSA) is 49.6 Å². The molecule has 2 aromatic rings. The molecule has 0 saturated carbocycles. The maximum absolute atomic E-state index is 12.8. The average molecular weight is 353 g/mol. The van der Waals surface area contributed by atoms with Crippen LogP contribution in [-0.2, 0) is 13.0 Å². The number of amides is 1. The van der Waals surface area contributed by atoms with Crippen LogP contribution in [0.3, 0.4) is 0 Å². The first kappa shape index (κ1) is 17.3. The zero-order valence-corrected chi connectivity index (χ0v) is 15.6. The maximum Gasteiger partial charge on any atom is 0.309 e. The summed E-state index contributed by atoms with van der Waals surface area (Å²) in [4.78, 5) is 21.6. The number of nitrogens with zero attached hydrogens (tertiary/aromatic N) is 3. The van der Waals surface area contributed by atoms with Gasteiger partial charge in [-0.1, -0.05) is 37.3 Å². The van der Waals surface area contributed by atoms with Gasteiger partial charge in [0.05, 0.1) is 5.69 Å². The molecule has 26 heavy (non-hydrogen) atoms. The van der Waals surface area contributed by atoms with Crippen LogP contribution < -0.4 is 0 Å². The molecule has 4 rings (SSSR count). The Balaban J connectivity index is 1.48. The minimum Gasteiger partial charge on any atom is -0.437 e. The van der Waals surface area contributed by atoms with Crippen molar-refractivity contribution in [2.75, 3.05) is 19.6 Å². The van der Waals surface area contributed by atoms with Gasteiger partial charge in [-0.2, -0.15) is 0 Å². The Kier molecular flexibility index (Phi) is 4.81. The number of rotatable bonds is 3. The monoisotopic (exact) mass is 353 g/mol. The van der Waals surface area contributed by atoms with Gasteiger partial charge < -0.3 is 9.32 Å². The lowest BCUT2D eigenvalue weighted by Gasteiger charge is -2.31. The Bertz CT molecular complexity index is 771. The van der Waals surface area contributed by atoms with Gasteiger partial charge in [0.2, 0.25) is 0 Å². The molecule has 2 aliphatic rings. The molecule has 5 heteroatoms. The number of likely N-dealkylation sites (tertiary alicyclic amines) is 1. The lowest BCUT2D eigenvalue weighted by Crippen LogP contribution is -2.39. The Hall–Kier alpha value is -2.14. The third kappa shape index (κ3) is 3.40. The Morgan fingerprint density at radius 2 is 2.08 bits per heavy atom. The van der Waals surface area contributed by atoms with E-state index in [-0.39, 0.29) is 11.8 Å². The predicted octanol–water partition coefficient (Wildman–Crippen LogP) is 3.67. The zero-order valence-electron chi connectivity index (χ0n) is 15.6. The lowest BCUT2D eigenvalue weighted by molar-refractivity contribution is 0.0640. The van der Waals surface area contributed by atoms with Crippen LogP contribution in [0.1, 0.15) is 60.4 Å². The summed E-state index contributed by atoms with van der Waals surface area (Å²) in [6.07, 6.45) is 3.07. The highest BCUT2D eigenvalue weighted by Crippen LogP contribution is 2.28. The Morgan fingerprint density at radius 1 is 1.27 bits per heavy atom. The molecule has 0 radical (unpaired) electrons. The van der Waals surface area contributed by atoms with Crippen molar-refractivity contribution in [2.45, 2.75) is 45.7 Å². The van der Waals surface area contributed by atoms with E-state index in [1.54, 1.807) is 0 Å². The van der Waals surface area contributed by atoms with Crippen LogP contribution in [0, 0.1) is 5.92 Å². The van der Waals surface area contributed by atoms with Gasteiger partial charge in [0.1, 0.15) is 5.76 Å². The quantitative estimate of drug-likeness (QED) is 0.845. The number of carbonyl (C=O) groups excluding carboxylic acids is 1. The molecular weight excluding hydrogens is 326 g/mol. The largest absolute Gasteiger partial charge is 0.437 e. The fraction of sp³-hybridized carbons (Fsp3) is 0.524. The van der Waals surface area contributed by atoms with Crippen LogP contribution in [0.4, 0.5) is 0 Å². The van der Waals surface area contributed by atoms with E-state index in [4.69, 9.17) is 4.42 Å². The third-order valence-corrected chi connectivity index (χ3v) is 5.71. The highest BCUT2D eigenvalue weighted by molar-refractivity contribution is 5.89. The molecule has 0 aliphatic carbocycles. The number of oxazole rings is 1. The number of fused-ring (bicyclic) bond motifs is 1. The highest BCUT2D eigenvalue weighted by atomic mass is 16.4. The summed E-state index contributed by atoms with van der Waals surface area (Å²) < 4.78 is 5.86. The van der Waals surface area contributed by atoms with Gasteiger partial charge in [0.25, 0.3) is 5.89 Å². The van der Waals surface area contributed by atoms with Gasteiger partial charge in [-0.05, 0) is 31.2 Å². The van der Waals surface area contributed by atoms with Crippen molar-refractivity contribution in [1.29, 1.82) is 0 Å². The molecule has 0 spiro atoms. The van der Waals surface area contributed by atoms with Gasteiger partial charge in [0.15, 0.2) is 0 Å². The SMILES string of the molecule is CC1CCCN(C(=O)c2nc3c(o2)CCN(C(C)c2ccccc2)C3)C1. The van der Waals surface area contributed by atoms with Crippen LogP contribution in [0.2, 0.25) is 0 Å². The number of aromatic nitrogens is 1. The summed E-state index contributed by atoms with van der Waals surface area (Å²) in [5.74, 6) is 1.67. The molecule has 1 saturated heterocycles. The van der Waals surface area contributed by atoms with Gasteiger partial charge in [0, 0.05) is 38.6 Å². The smallest absolute Gasteiger partial charge is 0.309 e. The molecule has 138 valence electrons. The number of hydrogen-bond acceptors (Lipinski definition) is 4. The second-order valence-electron chi connectivity index (χ2n) is 7.69. The van der Waals surface area contributed by atoms with E-state index in [1.165, 1.54) is 12.0 Å². The first-order valence-electron chi connectivity index (χ1n) is 9.68. The lowest BCUT2D eigenvalue weighted by atomic mass is 10.0. The molecule has 0 bridgehead atoms. The number of benzene rings is 1. The molecule has 5 nitrogen and oxygen atoms in total. The van der Waals surface area contributed by atoms with Crippen molar-refractivity contribution >= 4 is 5.91 Å². The van der Waals surface area contributed by atoms with E-state index in [2.05, 4.69) is 48.0 Å². The second kappa shape index (κ2) is 7.23. The van der Waals surface area contributed by atoms with Gasteiger partial charge >= 0.3 is 5.91 Å². The number of piperidine rings is 1. The van der Waals surface area contributed by atoms with Crippen molar-refractivity contribution in [3.8, 4) is 0 Å². The first-order chi connectivity index (χ1) is 12.6. The van der Waals surface area contributed by atoms with Crippen LogP contribution >= 0.6 is 0 Å². The number of carbonyl (C=O) groups is 1. The van der Waals surface area contributed by atoms with Crippen LogP contribution in [0.15, 0.2) is 34.7 Å². The molecule has 0 N–H and O–H groups in total. The zero-order chi connectivity index (χ0) is 18.1. The van der Waals surface area contributed by atoms with Crippen LogP contribution in [0.5, 0.6) is 0 Å². The summed E-state index contributed by atoms with van der Waals surface area (Å²) in [7, 11) is 0. The van der Waals surface area contributed by atoms with Gasteiger partial charge in [-0.3, -0.25) is 9.69 Å². The highest BCUT2D eigenvalue weighted by Gasteiger charge is 2.30. The Morgan fingerprint density at radius 3 is 2.85 bits per heavy atom. The minimum absolute atomic E-state index is 0.0476. The van der Waals surface area contributed by atoms with Crippen molar-refractivity contribution in [3.63, 3.8) is 0 Å². The maximum atomic E-state index is 12.8. The van der Waals surface area contributed by atoms with E-state index in [0.29, 0.717) is 12.0 Å². The summed E-state index contributed by atoms with van der Waals surface area (Å²) in [5.41, 5.74) is 2.23. The summed E-state index contributed by atoms with van der Waals surface area (Å²) >= 11 is 0. The molecule has 2 unspecified atom stereocenters. The van der Waals surface area contributed by atoms with Crippen LogP contribution in [0.25, 0.3) is 0 Å². The van der Waals surface area contributed by atoms with Crippen molar-refractivity contribution in [1.82, 2.24) is 14.8 Å². The standard InChI is InChI=1S/C21H27N3O2/c1-15-7-6-11-24(13-15)21(25)20-22-18-14-23(12-10-19(18)26-20)16(2)17-8-4-3-5-9-17/h3-5,8-9,15-16H,6-7,10-14H2,1-2H3. The molecule has 1 fully saturated rings. The average Bonchev–Trinajstić information content (AvgIpc) is 3.10. The minimum atomic E-state index is -0.0476. The molecule has 1 amide bonds. The number of hydrogen-bond donors (Lipinski definition) is 0. The van der Waals surface area contributed by atoms with E-state index in [9.17, 15) is 4.79 Å². The van der Waals surface area contributed by atoms with Crippen LogP contribution in [-0.4, -0.2) is 40.3 Å². The van der Waals surface area contributed by atoms with Gasteiger partial charge in [-0.15, -0.1) is 0 Å². The van der Waals surface area contributed by atoms with Crippen molar-refractivity contribution in [3.05, 3.63) is 53.2 Å². The summed E-state index contributed by atoms with van der Waals surface area (Å²) in [6.45, 7) is 7.70. The van der Waals surface area contributed by atoms with E-state index < -0.39 is 0 Å². The summed E-state index contributed by atoms with van der Waals surface area (Å²) in [5, 5.41) is 0. The normalized spacial score (nSPS) is 22.1. The van der Waals surface area contributed by atoms with E-state index >= 15 is 0 Å². The molecule has 1 aromatic heterocycles. The fourth-order valence-electron chi connectivity index (χ4n) is 4.09. The van der Waals surface area contributed by atoms with E-state index in [0.717, 1.165) is 50.5 Å². The van der Waals surface area contributed by atoms with E-state index in [1.807, 2.05) is 11.0 Å². The molecule has 2 aliphatic heterocycles. The fourth-order valence-corrected chi connectivity index (χ4v) is 4.09. The van der Waals surface area contributed by atoms with Crippen molar-refractivity contribution in [2.24, 2.45) is 5.92 Å². The Labute approximate surface area is 155 Å². The third-order valence-electron chi connectivity index (χ3n) is 5.71.